The van der Waals surface area contributed by atoms with Gasteiger partial charge in [-0.05, 0) is 29.7 Å². The molecule has 0 bridgehead atoms. The Kier molecular flexibility index (Phi) is 3.79. The minimum atomic E-state index is -0.339. The molecular weight excluding hydrogens is 248 g/mol. The van der Waals surface area contributed by atoms with Crippen molar-refractivity contribution in [2.45, 2.75) is 19.4 Å². The van der Waals surface area contributed by atoms with Crippen LogP contribution in [0.15, 0.2) is 30.7 Å². The Morgan fingerprint density at radius 1 is 1.33 bits per heavy atom. The first-order valence-corrected chi connectivity index (χ1v) is 6.10. The summed E-state index contributed by atoms with van der Waals surface area (Å²) in [5.74, 6) is 0.408. The number of pyridine rings is 2. The average Bonchev–Trinajstić information content (AvgIpc) is 2.40. The van der Waals surface area contributed by atoms with E-state index in [1.54, 1.807) is 12.3 Å². The molecule has 0 aliphatic heterocycles. The number of halogens is 1. The smallest absolute Gasteiger partial charge is 0.128 e. The Labute approximate surface area is 111 Å². The predicted octanol–water partition coefficient (Wildman–Crippen LogP) is 2.32. The quantitative estimate of drug-likeness (QED) is 0.890. The molecule has 2 aromatic heterocycles. The zero-order valence-corrected chi connectivity index (χ0v) is 10.9. The predicted molar refractivity (Wildman–Crippen MR) is 73.3 cm³/mol. The van der Waals surface area contributed by atoms with Crippen LogP contribution in [-0.2, 0) is 6.42 Å². The number of hydrogen-bond acceptors (Lipinski definition) is 4. The van der Waals surface area contributed by atoms with E-state index < -0.39 is 0 Å². The van der Waals surface area contributed by atoms with Gasteiger partial charge in [0.1, 0.15) is 5.82 Å². The molecule has 0 radical (unpaired) electrons. The summed E-state index contributed by atoms with van der Waals surface area (Å²) in [5.41, 5.74) is 15.0. The lowest BCUT2D eigenvalue weighted by atomic mass is 9.96. The molecule has 2 heterocycles. The van der Waals surface area contributed by atoms with Crippen molar-refractivity contribution in [3.8, 4) is 0 Å². The van der Waals surface area contributed by atoms with Crippen LogP contribution in [0, 0.1) is 0 Å². The number of aryl methyl sites for hydroxylation is 1. The van der Waals surface area contributed by atoms with Gasteiger partial charge in [-0.2, -0.15) is 0 Å². The van der Waals surface area contributed by atoms with E-state index in [-0.39, 0.29) is 6.04 Å². The zero-order chi connectivity index (χ0) is 13.1. The average molecular weight is 263 g/mol. The van der Waals surface area contributed by atoms with Gasteiger partial charge in [0.15, 0.2) is 0 Å². The molecule has 94 valence electrons. The van der Waals surface area contributed by atoms with E-state index >= 15 is 0 Å². The molecule has 4 N–H and O–H groups in total. The maximum atomic E-state index is 6.26. The molecule has 18 heavy (non-hydrogen) atoms. The van der Waals surface area contributed by atoms with Crippen molar-refractivity contribution in [1.82, 2.24) is 9.97 Å². The fourth-order valence-corrected chi connectivity index (χ4v) is 2.09. The molecule has 0 saturated heterocycles. The molecule has 0 aliphatic rings. The van der Waals surface area contributed by atoms with Gasteiger partial charge in [-0.3, -0.25) is 4.98 Å². The van der Waals surface area contributed by atoms with Crippen molar-refractivity contribution in [2.24, 2.45) is 5.73 Å². The van der Waals surface area contributed by atoms with Crippen LogP contribution in [0.1, 0.15) is 29.7 Å². The summed E-state index contributed by atoms with van der Waals surface area (Å²) in [6.45, 7) is 2.06. The Bertz CT molecular complexity index is 556. The van der Waals surface area contributed by atoms with Crippen LogP contribution in [0.3, 0.4) is 0 Å². The van der Waals surface area contributed by atoms with Crippen LogP contribution >= 0.6 is 11.6 Å². The van der Waals surface area contributed by atoms with Crippen LogP contribution in [0.2, 0.25) is 5.02 Å². The summed E-state index contributed by atoms with van der Waals surface area (Å²) in [6, 6.07) is 3.33. The summed E-state index contributed by atoms with van der Waals surface area (Å²) in [4.78, 5) is 8.13. The lowest BCUT2D eigenvalue weighted by molar-refractivity contribution is 0.841. The van der Waals surface area contributed by atoms with Crippen molar-refractivity contribution in [3.63, 3.8) is 0 Å². The molecule has 0 saturated carbocycles. The van der Waals surface area contributed by atoms with Gasteiger partial charge in [0.05, 0.1) is 11.1 Å². The van der Waals surface area contributed by atoms with E-state index in [1.807, 2.05) is 12.3 Å². The largest absolute Gasteiger partial charge is 0.383 e. The lowest BCUT2D eigenvalue weighted by Gasteiger charge is -2.17. The van der Waals surface area contributed by atoms with Crippen LogP contribution in [0.25, 0.3) is 0 Å². The summed E-state index contributed by atoms with van der Waals surface area (Å²) in [5, 5.41) is 0.529. The van der Waals surface area contributed by atoms with Crippen LogP contribution in [0.4, 0.5) is 5.82 Å². The van der Waals surface area contributed by atoms with Crippen LogP contribution in [-0.4, -0.2) is 9.97 Å². The number of nitrogen functional groups attached to an aromatic ring is 1. The molecule has 2 aromatic rings. The van der Waals surface area contributed by atoms with E-state index in [0.717, 1.165) is 23.1 Å². The van der Waals surface area contributed by atoms with Gasteiger partial charge >= 0.3 is 0 Å². The fraction of sp³-hybridized carbons (Fsp3) is 0.231. The highest BCUT2D eigenvalue weighted by atomic mass is 35.5. The lowest BCUT2D eigenvalue weighted by Crippen LogP contribution is -2.16. The summed E-state index contributed by atoms with van der Waals surface area (Å²) >= 11 is 5.94. The topological polar surface area (TPSA) is 77.8 Å². The zero-order valence-electron chi connectivity index (χ0n) is 10.1. The van der Waals surface area contributed by atoms with Gasteiger partial charge in [-0.25, -0.2) is 4.98 Å². The normalized spacial score (nSPS) is 12.4. The molecule has 1 atom stereocenters. The highest BCUT2D eigenvalue weighted by Crippen LogP contribution is 2.27. The first kappa shape index (κ1) is 12.8. The van der Waals surface area contributed by atoms with Gasteiger partial charge in [-0.15, -0.1) is 0 Å². The Balaban J connectivity index is 2.47. The third kappa shape index (κ3) is 2.44. The molecule has 0 aliphatic carbocycles. The van der Waals surface area contributed by atoms with Gasteiger partial charge in [0.25, 0.3) is 0 Å². The SMILES string of the molecule is CCc1cnccc1C(N)c1cc(Cl)cnc1N. The molecule has 0 aromatic carbocycles. The second-order valence-corrected chi connectivity index (χ2v) is 4.47. The monoisotopic (exact) mass is 262 g/mol. The molecule has 0 spiro atoms. The summed E-state index contributed by atoms with van der Waals surface area (Å²) in [6.07, 6.45) is 5.93. The third-order valence-electron chi connectivity index (χ3n) is 2.91. The highest BCUT2D eigenvalue weighted by Gasteiger charge is 2.16. The maximum Gasteiger partial charge on any atom is 0.128 e. The van der Waals surface area contributed by atoms with E-state index in [0.29, 0.717) is 10.8 Å². The molecule has 2 rings (SSSR count). The minimum Gasteiger partial charge on any atom is -0.383 e. The van der Waals surface area contributed by atoms with Crippen molar-refractivity contribution in [1.29, 1.82) is 0 Å². The number of aromatic nitrogens is 2. The number of hydrogen-bond donors (Lipinski definition) is 2. The summed E-state index contributed by atoms with van der Waals surface area (Å²) < 4.78 is 0. The Morgan fingerprint density at radius 2 is 2.11 bits per heavy atom. The van der Waals surface area contributed by atoms with Crippen molar-refractivity contribution < 1.29 is 0 Å². The van der Waals surface area contributed by atoms with E-state index in [4.69, 9.17) is 23.1 Å². The Morgan fingerprint density at radius 3 is 2.83 bits per heavy atom. The number of nitrogens with two attached hydrogens (primary N) is 2. The second kappa shape index (κ2) is 5.33. The number of rotatable bonds is 3. The highest BCUT2D eigenvalue weighted by molar-refractivity contribution is 6.30. The Hall–Kier alpha value is -1.65. The van der Waals surface area contributed by atoms with Crippen molar-refractivity contribution in [3.05, 3.63) is 52.4 Å². The minimum absolute atomic E-state index is 0.339. The van der Waals surface area contributed by atoms with Crippen molar-refractivity contribution in [2.75, 3.05) is 5.73 Å². The second-order valence-electron chi connectivity index (χ2n) is 4.03. The number of anilines is 1. The molecule has 0 amide bonds. The van der Waals surface area contributed by atoms with Gasteiger partial charge in [0, 0.05) is 24.2 Å². The van der Waals surface area contributed by atoms with E-state index in [9.17, 15) is 0 Å². The fourth-order valence-electron chi connectivity index (χ4n) is 1.92. The van der Waals surface area contributed by atoms with Gasteiger partial charge < -0.3 is 11.5 Å². The van der Waals surface area contributed by atoms with Crippen LogP contribution in [0.5, 0.6) is 0 Å². The molecule has 5 heteroatoms. The van der Waals surface area contributed by atoms with E-state index in [2.05, 4.69) is 16.9 Å². The maximum absolute atomic E-state index is 6.26. The van der Waals surface area contributed by atoms with E-state index in [1.165, 1.54) is 6.20 Å². The first-order chi connectivity index (χ1) is 8.63. The first-order valence-electron chi connectivity index (χ1n) is 5.72. The van der Waals surface area contributed by atoms with Gasteiger partial charge in [0.2, 0.25) is 0 Å². The third-order valence-corrected chi connectivity index (χ3v) is 3.12. The summed E-state index contributed by atoms with van der Waals surface area (Å²) in [7, 11) is 0. The number of nitrogens with zero attached hydrogens (tertiary/aromatic N) is 2. The van der Waals surface area contributed by atoms with Crippen LogP contribution < -0.4 is 11.5 Å². The molecule has 4 nitrogen and oxygen atoms in total. The molecule has 1 unspecified atom stereocenters. The molecular formula is C13H15ClN4. The van der Waals surface area contributed by atoms with Gasteiger partial charge in [-0.1, -0.05) is 18.5 Å². The molecule has 0 fully saturated rings. The van der Waals surface area contributed by atoms with Crippen molar-refractivity contribution >= 4 is 17.4 Å². The standard InChI is InChI=1S/C13H15ClN4/c1-2-8-6-17-4-3-10(8)12(15)11-5-9(14)7-18-13(11)16/h3-7,12H,2,15H2,1H3,(H2,16,18).